The van der Waals surface area contributed by atoms with Gasteiger partial charge < -0.3 is 14.6 Å². The van der Waals surface area contributed by atoms with Crippen LogP contribution in [-0.4, -0.2) is 35.3 Å². The quantitative estimate of drug-likeness (QED) is 0.509. The molecule has 28 heavy (non-hydrogen) atoms. The number of aromatic hydroxyl groups is 1. The molecule has 2 rings (SSSR count). The molecule has 1 aromatic heterocycles. The minimum atomic E-state index is -0.641. The monoisotopic (exact) mass is 404 g/mol. The molecule has 1 heterocycles. The van der Waals surface area contributed by atoms with Gasteiger partial charge >= 0.3 is 0 Å². The van der Waals surface area contributed by atoms with Crippen LogP contribution in [0.2, 0.25) is 5.02 Å². The summed E-state index contributed by atoms with van der Waals surface area (Å²) in [6.07, 6.45) is 0.443. The average Bonchev–Trinajstić information content (AvgIpc) is 2.67. The number of Topliss-reactive ketones (excluding diaryl/α,β-unsaturated/α-hetero) is 1. The van der Waals surface area contributed by atoms with Gasteiger partial charge in [-0.15, -0.1) is 0 Å². The molecule has 0 saturated carbocycles. The van der Waals surface area contributed by atoms with Crippen LogP contribution >= 0.6 is 11.6 Å². The molecular weight excluding hydrogens is 384 g/mol. The van der Waals surface area contributed by atoms with E-state index < -0.39 is 23.8 Å². The summed E-state index contributed by atoms with van der Waals surface area (Å²) in [6.45, 7) is 3.93. The van der Waals surface area contributed by atoms with Gasteiger partial charge in [0.15, 0.2) is 6.61 Å². The molecule has 0 radical (unpaired) electrons. The number of carbonyl (C=O) groups is 1. The van der Waals surface area contributed by atoms with Crippen molar-refractivity contribution in [2.75, 3.05) is 19.8 Å². The Morgan fingerprint density at radius 1 is 1.36 bits per heavy atom. The van der Waals surface area contributed by atoms with Gasteiger partial charge in [-0.1, -0.05) is 23.7 Å². The van der Waals surface area contributed by atoms with E-state index >= 15 is 0 Å². The fourth-order valence-electron chi connectivity index (χ4n) is 2.74. The van der Waals surface area contributed by atoms with Gasteiger partial charge in [-0.3, -0.25) is 14.2 Å². The number of ketones is 1. The van der Waals surface area contributed by atoms with E-state index in [1.54, 1.807) is 24.3 Å². The highest BCUT2D eigenvalue weighted by Gasteiger charge is 2.24. The fourth-order valence-corrected chi connectivity index (χ4v) is 2.93. The number of benzene rings is 1. The van der Waals surface area contributed by atoms with E-state index in [2.05, 4.69) is 0 Å². The molecule has 0 aliphatic rings. The summed E-state index contributed by atoms with van der Waals surface area (Å²) in [5.41, 5.74) is -0.814. The lowest BCUT2D eigenvalue weighted by molar-refractivity contribution is 0.0916. The number of nitrogens with zero attached hydrogens (tertiary/aromatic N) is 2. The van der Waals surface area contributed by atoms with Gasteiger partial charge in [-0.05, 0) is 38.0 Å². The second-order valence-corrected chi connectivity index (χ2v) is 6.37. The minimum absolute atomic E-state index is 0.111. The van der Waals surface area contributed by atoms with Gasteiger partial charge in [-0.2, -0.15) is 5.26 Å². The third-order valence-electron chi connectivity index (χ3n) is 4.15. The first-order valence-electron chi connectivity index (χ1n) is 8.77. The standard InChI is InChI=1S/C20H21ClN2O5/c1-3-27-10-6-9-23-19(25)14(11-22)13(2)18(20(23)26)16(24)12-28-17-8-5-4-7-15(17)21/h4-5,7-8,26H,3,6,9-10,12H2,1-2H3. The number of rotatable bonds is 9. The van der Waals surface area contributed by atoms with Crippen molar-refractivity contribution >= 4 is 17.4 Å². The van der Waals surface area contributed by atoms with Crippen LogP contribution in [-0.2, 0) is 11.3 Å². The van der Waals surface area contributed by atoms with Crippen molar-refractivity contribution in [1.82, 2.24) is 4.57 Å². The first-order valence-corrected chi connectivity index (χ1v) is 9.14. The molecule has 0 aliphatic carbocycles. The van der Waals surface area contributed by atoms with Crippen LogP contribution in [0.5, 0.6) is 11.6 Å². The molecule has 0 unspecified atom stereocenters. The van der Waals surface area contributed by atoms with Crippen molar-refractivity contribution in [3.8, 4) is 17.7 Å². The third kappa shape index (κ3) is 4.71. The second kappa shape index (κ2) is 9.93. The predicted molar refractivity (Wildman–Crippen MR) is 104 cm³/mol. The number of hydrogen-bond acceptors (Lipinski definition) is 6. The minimum Gasteiger partial charge on any atom is -0.494 e. The van der Waals surface area contributed by atoms with E-state index in [0.717, 1.165) is 4.57 Å². The maximum Gasteiger partial charge on any atom is 0.271 e. The molecule has 0 atom stereocenters. The van der Waals surface area contributed by atoms with Crippen molar-refractivity contribution in [2.45, 2.75) is 26.8 Å². The Kier molecular flexibility index (Phi) is 7.61. The summed E-state index contributed by atoms with van der Waals surface area (Å²) in [7, 11) is 0. The normalized spacial score (nSPS) is 10.5. The molecule has 0 aliphatic heterocycles. The average molecular weight is 405 g/mol. The van der Waals surface area contributed by atoms with Crippen molar-refractivity contribution in [3.05, 3.63) is 56.3 Å². The summed E-state index contributed by atoms with van der Waals surface area (Å²) in [5, 5.41) is 20.2. The number of ether oxygens (including phenoxy) is 2. The van der Waals surface area contributed by atoms with Crippen molar-refractivity contribution in [3.63, 3.8) is 0 Å². The molecule has 2 aromatic rings. The van der Waals surface area contributed by atoms with Crippen LogP contribution in [0, 0.1) is 18.3 Å². The zero-order valence-electron chi connectivity index (χ0n) is 15.7. The Balaban J connectivity index is 2.34. The van der Waals surface area contributed by atoms with Gasteiger partial charge in [-0.25, -0.2) is 0 Å². The number of pyridine rings is 1. The zero-order chi connectivity index (χ0) is 20.7. The smallest absolute Gasteiger partial charge is 0.271 e. The molecule has 0 saturated heterocycles. The Bertz CT molecular complexity index is 962. The number of nitriles is 1. The van der Waals surface area contributed by atoms with E-state index in [4.69, 9.17) is 21.1 Å². The van der Waals surface area contributed by atoms with Gasteiger partial charge in [0.05, 0.1) is 10.6 Å². The lowest BCUT2D eigenvalue weighted by Crippen LogP contribution is -2.28. The van der Waals surface area contributed by atoms with E-state index in [1.807, 2.05) is 13.0 Å². The highest BCUT2D eigenvalue weighted by molar-refractivity contribution is 6.32. The first kappa shape index (κ1) is 21.5. The molecule has 1 aromatic carbocycles. The summed E-state index contributed by atoms with van der Waals surface area (Å²) >= 11 is 6.01. The molecule has 0 spiro atoms. The molecule has 0 fully saturated rings. The molecule has 0 bridgehead atoms. The van der Waals surface area contributed by atoms with E-state index in [9.17, 15) is 20.0 Å². The molecule has 148 valence electrons. The highest BCUT2D eigenvalue weighted by atomic mass is 35.5. The van der Waals surface area contributed by atoms with Gasteiger partial charge in [0.1, 0.15) is 17.4 Å². The number of hydrogen-bond donors (Lipinski definition) is 1. The molecule has 1 N–H and O–H groups in total. The topological polar surface area (TPSA) is 102 Å². The maximum atomic E-state index is 12.7. The Labute approximate surface area is 167 Å². The van der Waals surface area contributed by atoms with Crippen molar-refractivity contribution in [1.29, 1.82) is 5.26 Å². The second-order valence-electron chi connectivity index (χ2n) is 5.96. The predicted octanol–water partition coefficient (Wildman–Crippen LogP) is 3.08. The summed E-state index contributed by atoms with van der Waals surface area (Å²) in [4.78, 5) is 25.2. The lowest BCUT2D eigenvalue weighted by atomic mass is 10.0. The molecule has 0 amide bonds. The van der Waals surface area contributed by atoms with E-state index in [1.165, 1.54) is 6.92 Å². The number of aromatic nitrogens is 1. The van der Waals surface area contributed by atoms with E-state index in [-0.39, 0.29) is 23.2 Å². The van der Waals surface area contributed by atoms with Crippen molar-refractivity contribution < 1.29 is 19.4 Å². The summed E-state index contributed by atoms with van der Waals surface area (Å²) in [5.74, 6) is -0.726. The first-order chi connectivity index (χ1) is 13.4. The van der Waals surface area contributed by atoms with Crippen molar-refractivity contribution in [2.24, 2.45) is 0 Å². The van der Waals surface area contributed by atoms with Crippen LogP contribution in [0.1, 0.15) is 34.8 Å². The summed E-state index contributed by atoms with van der Waals surface area (Å²) in [6, 6.07) is 8.49. The third-order valence-corrected chi connectivity index (χ3v) is 4.46. The van der Waals surface area contributed by atoms with Gasteiger partial charge in [0.2, 0.25) is 11.7 Å². The molecule has 8 heteroatoms. The van der Waals surface area contributed by atoms with Gasteiger partial charge in [0.25, 0.3) is 5.56 Å². The number of carbonyl (C=O) groups excluding carboxylic acids is 1. The van der Waals surface area contributed by atoms with Crippen LogP contribution in [0.15, 0.2) is 29.1 Å². The Morgan fingerprint density at radius 3 is 2.71 bits per heavy atom. The zero-order valence-corrected chi connectivity index (χ0v) is 16.5. The SMILES string of the molecule is CCOCCCn1c(O)c(C(=O)COc2ccccc2Cl)c(C)c(C#N)c1=O. The molecule has 7 nitrogen and oxygen atoms in total. The Morgan fingerprint density at radius 2 is 2.07 bits per heavy atom. The lowest BCUT2D eigenvalue weighted by Gasteiger charge is -2.16. The van der Waals surface area contributed by atoms with Crippen LogP contribution in [0.4, 0.5) is 0 Å². The largest absolute Gasteiger partial charge is 0.494 e. The summed E-state index contributed by atoms with van der Waals surface area (Å²) < 4.78 is 11.7. The maximum absolute atomic E-state index is 12.7. The van der Waals surface area contributed by atoms with Crippen LogP contribution in [0.3, 0.4) is 0 Å². The van der Waals surface area contributed by atoms with Crippen LogP contribution in [0.25, 0.3) is 0 Å². The van der Waals surface area contributed by atoms with Gasteiger partial charge in [0, 0.05) is 19.8 Å². The van der Waals surface area contributed by atoms with E-state index in [0.29, 0.717) is 30.4 Å². The van der Waals surface area contributed by atoms with Crippen LogP contribution < -0.4 is 10.3 Å². The highest BCUT2D eigenvalue weighted by Crippen LogP contribution is 2.25. The number of halogens is 1. The Hall–Kier alpha value is -2.82. The fraction of sp³-hybridized carbons (Fsp3) is 0.350. The number of para-hydroxylation sites is 1. The molecular formula is C20H21ClN2O5.